The fourth-order valence-electron chi connectivity index (χ4n) is 2.94. The number of carbonyl (C=O) groups is 3. The second-order valence-electron chi connectivity index (χ2n) is 6.76. The van der Waals surface area contributed by atoms with E-state index >= 15 is 4.39 Å². The maximum Gasteiger partial charge on any atom is 0.335 e. The first-order valence-electron chi connectivity index (χ1n) is 9.91. The molecule has 0 saturated carbocycles. The van der Waals surface area contributed by atoms with Gasteiger partial charge in [0.15, 0.2) is 11.5 Å². The normalized spacial score (nSPS) is 10.0. The molecule has 0 amide bonds. The number of benzene rings is 3. The molecule has 3 aromatic rings. The standard InChI is InChI=1S/C27H19FO6/c1-4-25(29)32-20-11-7-17(8-12-20)18-9-13-21(22(28)15-18)19-10-14-23(33-26(30)5-2)24(16-19)34-27(31)6-3/h4-16H,1-3H2. The van der Waals surface area contributed by atoms with E-state index in [0.29, 0.717) is 22.4 Å². The summed E-state index contributed by atoms with van der Waals surface area (Å²) in [6, 6.07) is 15.5. The van der Waals surface area contributed by atoms with Gasteiger partial charge in [0.2, 0.25) is 0 Å². The summed E-state index contributed by atoms with van der Waals surface area (Å²) in [5.74, 6) is -2.40. The number of hydrogen-bond donors (Lipinski definition) is 0. The molecule has 0 unspecified atom stereocenters. The van der Waals surface area contributed by atoms with Gasteiger partial charge >= 0.3 is 17.9 Å². The van der Waals surface area contributed by atoms with Gasteiger partial charge in [0, 0.05) is 23.8 Å². The molecule has 0 heterocycles. The fourth-order valence-corrected chi connectivity index (χ4v) is 2.94. The van der Waals surface area contributed by atoms with Crippen molar-refractivity contribution in [1.29, 1.82) is 0 Å². The summed E-state index contributed by atoms with van der Waals surface area (Å²) in [5, 5.41) is 0. The number of ether oxygens (including phenoxy) is 3. The van der Waals surface area contributed by atoms with Gasteiger partial charge in [-0.1, -0.05) is 50.1 Å². The molecule has 7 heteroatoms. The van der Waals surface area contributed by atoms with Crippen molar-refractivity contribution in [3.63, 3.8) is 0 Å². The summed E-state index contributed by atoms with van der Waals surface area (Å²) >= 11 is 0. The Hall–Kier alpha value is -4.78. The molecule has 0 aromatic heterocycles. The summed E-state index contributed by atoms with van der Waals surface area (Å²) in [7, 11) is 0. The summed E-state index contributed by atoms with van der Waals surface area (Å²) in [6.07, 6.45) is 2.97. The Labute approximate surface area is 195 Å². The Morgan fingerprint density at radius 3 is 1.74 bits per heavy atom. The van der Waals surface area contributed by atoms with E-state index in [1.54, 1.807) is 36.4 Å². The largest absolute Gasteiger partial charge is 0.423 e. The van der Waals surface area contributed by atoms with Gasteiger partial charge in [0.1, 0.15) is 11.6 Å². The third-order valence-corrected chi connectivity index (χ3v) is 4.55. The van der Waals surface area contributed by atoms with Crippen LogP contribution < -0.4 is 14.2 Å². The molecule has 0 radical (unpaired) electrons. The number of halogens is 1. The first-order valence-corrected chi connectivity index (χ1v) is 9.91. The lowest BCUT2D eigenvalue weighted by Crippen LogP contribution is -2.08. The smallest absolute Gasteiger partial charge is 0.335 e. The molecule has 0 aliphatic carbocycles. The maximum absolute atomic E-state index is 15.0. The van der Waals surface area contributed by atoms with Gasteiger partial charge in [0.05, 0.1) is 0 Å². The third kappa shape index (κ3) is 5.72. The van der Waals surface area contributed by atoms with E-state index in [1.165, 1.54) is 24.3 Å². The van der Waals surface area contributed by atoms with Gasteiger partial charge in [-0.05, 0) is 47.0 Å². The summed E-state index contributed by atoms with van der Waals surface area (Å²) in [6.45, 7) is 9.99. The van der Waals surface area contributed by atoms with Crippen molar-refractivity contribution in [2.24, 2.45) is 0 Å². The van der Waals surface area contributed by atoms with Gasteiger partial charge in [0.25, 0.3) is 0 Å². The van der Waals surface area contributed by atoms with Crippen LogP contribution in [0.5, 0.6) is 17.2 Å². The minimum absolute atomic E-state index is 0.0295. The zero-order valence-corrected chi connectivity index (χ0v) is 18.0. The third-order valence-electron chi connectivity index (χ3n) is 4.55. The Balaban J connectivity index is 1.92. The van der Waals surface area contributed by atoms with E-state index in [-0.39, 0.29) is 17.1 Å². The molecule has 0 atom stereocenters. The van der Waals surface area contributed by atoms with Crippen LogP contribution in [0.4, 0.5) is 4.39 Å². The van der Waals surface area contributed by atoms with Crippen LogP contribution in [0.2, 0.25) is 0 Å². The van der Waals surface area contributed by atoms with Crippen molar-refractivity contribution in [3.05, 3.63) is 104 Å². The van der Waals surface area contributed by atoms with Crippen LogP contribution >= 0.6 is 0 Å². The van der Waals surface area contributed by atoms with E-state index in [0.717, 1.165) is 18.2 Å². The molecule has 0 N–H and O–H groups in total. The molecule has 0 fully saturated rings. The average molecular weight is 458 g/mol. The lowest BCUT2D eigenvalue weighted by Gasteiger charge is -2.12. The van der Waals surface area contributed by atoms with Crippen LogP contribution in [0, 0.1) is 5.82 Å². The van der Waals surface area contributed by atoms with E-state index in [2.05, 4.69) is 19.7 Å². The van der Waals surface area contributed by atoms with Crippen LogP contribution in [0.25, 0.3) is 22.3 Å². The molecular weight excluding hydrogens is 439 g/mol. The van der Waals surface area contributed by atoms with E-state index in [9.17, 15) is 14.4 Å². The van der Waals surface area contributed by atoms with Crippen LogP contribution in [0.3, 0.4) is 0 Å². The summed E-state index contributed by atoms with van der Waals surface area (Å²) in [4.78, 5) is 34.6. The molecule has 0 saturated heterocycles. The van der Waals surface area contributed by atoms with Crippen molar-refractivity contribution in [3.8, 4) is 39.5 Å². The Bertz CT molecular complexity index is 1290. The highest BCUT2D eigenvalue weighted by molar-refractivity contribution is 5.87. The van der Waals surface area contributed by atoms with Crippen LogP contribution in [-0.2, 0) is 14.4 Å². The number of hydrogen-bond acceptors (Lipinski definition) is 6. The highest BCUT2D eigenvalue weighted by Crippen LogP contribution is 2.35. The Kier molecular flexibility index (Phi) is 7.51. The molecule has 6 nitrogen and oxygen atoms in total. The highest BCUT2D eigenvalue weighted by atomic mass is 19.1. The molecule has 0 bridgehead atoms. The predicted octanol–water partition coefficient (Wildman–Crippen LogP) is 5.43. The molecular formula is C27H19FO6. The zero-order chi connectivity index (χ0) is 24.7. The second-order valence-corrected chi connectivity index (χ2v) is 6.76. The fraction of sp³-hybridized carbons (Fsp3) is 0. The topological polar surface area (TPSA) is 78.9 Å². The Morgan fingerprint density at radius 1 is 0.618 bits per heavy atom. The number of esters is 3. The van der Waals surface area contributed by atoms with Gasteiger partial charge in [-0.15, -0.1) is 0 Å². The van der Waals surface area contributed by atoms with Gasteiger partial charge in [-0.2, -0.15) is 0 Å². The Morgan fingerprint density at radius 2 is 1.15 bits per heavy atom. The van der Waals surface area contributed by atoms with Crippen molar-refractivity contribution >= 4 is 17.9 Å². The van der Waals surface area contributed by atoms with Crippen LogP contribution in [0.1, 0.15) is 0 Å². The van der Waals surface area contributed by atoms with Gasteiger partial charge in [-0.3, -0.25) is 0 Å². The average Bonchev–Trinajstić information content (AvgIpc) is 2.85. The molecule has 0 aliphatic heterocycles. The van der Waals surface area contributed by atoms with Crippen molar-refractivity contribution in [2.75, 3.05) is 0 Å². The molecule has 3 rings (SSSR count). The van der Waals surface area contributed by atoms with E-state index in [1.807, 2.05) is 0 Å². The molecule has 0 aliphatic rings. The van der Waals surface area contributed by atoms with Gasteiger partial charge in [-0.25, -0.2) is 18.8 Å². The van der Waals surface area contributed by atoms with Crippen molar-refractivity contribution < 1.29 is 33.0 Å². The minimum Gasteiger partial charge on any atom is -0.423 e. The summed E-state index contributed by atoms with van der Waals surface area (Å²) in [5.41, 5.74) is 1.92. The van der Waals surface area contributed by atoms with Gasteiger partial charge < -0.3 is 14.2 Å². The van der Waals surface area contributed by atoms with Crippen LogP contribution in [0.15, 0.2) is 98.6 Å². The number of carbonyl (C=O) groups excluding carboxylic acids is 3. The molecule has 0 spiro atoms. The quantitative estimate of drug-likeness (QED) is 0.254. The molecule has 170 valence electrons. The SMILES string of the molecule is C=CC(=O)Oc1ccc(-c2ccc(-c3ccc(OC(=O)C=C)c(OC(=O)C=C)c3)c(F)c2)cc1. The second kappa shape index (κ2) is 10.7. The molecule has 3 aromatic carbocycles. The monoisotopic (exact) mass is 458 g/mol. The lowest BCUT2D eigenvalue weighted by atomic mass is 9.99. The number of rotatable bonds is 8. The summed E-state index contributed by atoms with van der Waals surface area (Å²) < 4.78 is 30.3. The van der Waals surface area contributed by atoms with Crippen LogP contribution in [-0.4, -0.2) is 17.9 Å². The molecule has 34 heavy (non-hydrogen) atoms. The van der Waals surface area contributed by atoms with E-state index < -0.39 is 23.7 Å². The predicted molar refractivity (Wildman–Crippen MR) is 125 cm³/mol. The lowest BCUT2D eigenvalue weighted by molar-refractivity contribution is -0.131. The van der Waals surface area contributed by atoms with E-state index in [4.69, 9.17) is 14.2 Å². The first kappa shape index (κ1) is 23.9. The first-order chi connectivity index (χ1) is 16.3. The maximum atomic E-state index is 15.0. The van der Waals surface area contributed by atoms with Crippen molar-refractivity contribution in [2.45, 2.75) is 0 Å². The zero-order valence-electron chi connectivity index (χ0n) is 18.0. The highest BCUT2D eigenvalue weighted by Gasteiger charge is 2.15. The van der Waals surface area contributed by atoms with Crippen molar-refractivity contribution in [1.82, 2.24) is 0 Å². The minimum atomic E-state index is -0.772.